The number of benzene rings is 1. The molecule has 0 unspecified atom stereocenters. The predicted molar refractivity (Wildman–Crippen MR) is 102 cm³/mol. The monoisotopic (exact) mass is 339 g/mol. The highest BCUT2D eigenvalue weighted by atomic mass is 16.2. The van der Waals surface area contributed by atoms with Crippen LogP contribution in [0, 0.1) is 27.7 Å². The Kier molecular flexibility index (Phi) is 4.88. The highest BCUT2D eigenvalue weighted by Crippen LogP contribution is 2.23. The van der Waals surface area contributed by atoms with E-state index in [0.717, 1.165) is 41.7 Å². The zero-order valence-electron chi connectivity index (χ0n) is 15.3. The fraction of sp³-hybridized carbons (Fsp3) is 0.421. The van der Waals surface area contributed by atoms with Gasteiger partial charge in [-0.05, 0) is 52.2 Å². The number of rotatable bonds is 3. The van der Waals surface area contributed by atoms with Crippen LogP contribution in [-0.2, 0) is 0 Å². The van der Waals surface area contributed by atoms with Gasteiger partial charge in [0, 0.05) is 18.8 Å². The van der Waals surface area contributed by atoms with E-state index < -0.39 is 0 Å². The Bertz CT molecular complexity index is 773. The van der Waals surface area contributed by atoms with Crippen LogP contribution in [0.3, 0.4) is 0 Å². The van der Waals surface area contributed by atoms with Crippen molar-refractivity contribution >= 4 is 23.4 Å². The molecule has 1 aromatic heterocycles. The van der Waals surface area contributed by atoms with Gasteiger partial charge in [-0.2, -0.15) is 0 Å². The van der Waals surface area contributed by atoms with Gasteiger partial charge in [0.25, 0.3) is 0 Å². The van der Waals surface area contributed by atoms with Gasteiger partial charge in [-0.25, -0.2) is 14.8 Å². The Labute approximate surface area is 148 Å². The lowest BCUT2D eigenvalue weighted by atomic mass is 10.1. The second-order valence-corrected chi connectivity index (χ2v) is 6.66. The van der Waals surface area contributed by atoms with Crippen LogP contribution in [0.4, 0.5) is 22.1 Å². The van der Waals surface area contributed by atoms with Gasteiger partial charge in [-0.1, -0.05) is 17.7 Å². The van der Waals surface area contributed by atoms with Crippen molar-refractivity contribution < 1.29 is 4.79 Å². The number of amides is 2. The summed E-state index contributed by atoms with van der Waals surface area (Å²) < 4.78 is 0. The smallest absolute Gasteiger partial charge is 0.323 e. The minimum Gasteiger partial charge on any atom is -0.341 e. The number of nitrogens with zero attached hydrogens (tertiary/aromatic N) is 3. The molecule has 1 aromatic carbocycles. The van der Waals surface area contributed by atoms with Gasteiger partial charge in [0.05, 0.1) is 17.1 Å². The van der Waals surface area contributed by atoms with E-state index in [0.29, 0.717) is 5.69 Å². The summed E-state index contributed by atoms with van der Waals surface area (Å²) in [6, 6.07) is 5.65. The molecule has 0 atom stereocenters. The average Bonchev–Trinajstić information content (AvgIpc) is 3.08. The summed E-state index contributed by atoms with van der Waals surface area (Å²) in [4.78, 5) is 23.7. The van der Waals surface area contributed by atoms with Crippen LogP contribution >= 0.6 is 0 Å². The van der Waals surface area contributed by atoms with Gasteiger partial charge in [0.15, 0.2) is 0 Å². The largest absolute Gasteiger partial charge is 0.341 e. The Balaban J connectivity index is 1.74. The standard InChI is InChI=1S/C19H25N5O/c1-12-7-8-16(13(2)11-12)22-19(25)23-17-14(3)20-18(21-15(17)4)24-9-5-6-10-24/h7-8,11H,5-6,9-10H2,1-4H3,(H2,22,23,25). The first-order chi connectivity index (χ1) is 11.9. The van der Waals surface area contributed by atoms with Gasteiger partial charge < -0.3 is 15.5 Å². The second-order valence-electron chi connectivity index (χ2n) is 6.66. The highest BCUT2D eigenvalue weighted by molar-refractivity contribution is 6.00. The van der Waals surface area contributed by atoms with E-state index >= 15 is 0 Å². The predicted octanol–water partition coefficient (Wildman–Crippen LogP) is 3.95. The topological polar surface area (TPSA) is 70.2 Å². The summed E-state index contributed by atoms with van der Waals surface area (Å²) in [5, 5.41) is 5.79. The van der Waals surface area contributed by atoms with Crippen LogP contribution in [-0.4, -0.2) is 29.1 Å². The molecule has 0 radical (unpaired) electrons. The number of aryl methyl sites for hydroxylation is 4. The van der Waals surface area contributed by atoms with Crippen molar-refractivity contribution in [1.29, 1.82) is 0 Å². The molecule has 2 N–H and O–H groups in total. The molecule has 25 heavy (non-hydrogen) atoms. The molecule has 6 nitrogen and oxygen atoms in total. The normalized spacial score (nSPS) is 13.8. The third-order valence-electron chi connectivity index (χ3n) is 4.52. The lowest BCUT2D eigenvalue weighted by molar-refractivity contribution is 0.262. The zero-order chi connectivity index (χ0) is 18.0. The lowest BCUT2D eigenvalue weighted by Gasteiger charge is -2.18. The molecule has 1 fully saturated rings. The van der Waals surface area contributed by atoms with E-state index in [1.165, 1.54) is 18.4 Å². The van der Waals surface area contributed by atoms with Gasteiger partial charge in [0.2, 0.25) is 5.95 Å². The zero-order valence-corrected chi connectivity index (χ0v) is 15.3. The molecular weight excluding hydrogens is 314 g/mol. The molecule has 0 bridgehead atoms. The molecule has 2 amide bonds. The van der Waals surface area contributed by atoms with Gasteiger partial charge in [-0.3, -0.25) is 0 Å². The summed E-state index contributed by atoms with van der Waals surface area (Å²) in [6.45, 7) is 9.82. The van der Waals surface area contributed by atoms with Gasteiger partial charge in [-0.15, -0.1) is 0 Å². The lowest BCUT2D eigenvalue weighted by Crippen LogP contribution is -2.24. The first kappa shape index (κ1) is 17.2. The molecule has 0 saturated carbocycles. The van der Waals surface area contributed by atoms with E-state index in [9.17, 15) is 4.79 Å². The van der Waals surface area contributed by atoms with Crippen molar-refractivity contribution in [2.24, 2.45) is 0 Å². The van der Waals surface area contributed by atoms with E-state index in [2.05, 4.69) is 25.5 Å². The maximum Gasteiger partial charge on any atom is 0.323 e. The quantitative estimate of drug-likeness (QED) is 0.888. The minimum atomic E-state index is -0.282. The van der Waals surface area contributed by atoms with Crippen molar-refractivity contribution in [2.45, 2.75) is 40.5 Å². The Hall–Kier alpha value is -2.63. The number of aromatic nitrogens is 2. The number of carbonyl (C=O) groups is 1. The number of hydrogen-bond donors (Lipinski definition) is 2. The van der Waals surface area contributed by atoms with Crippen molar-refractivity contribution in [2.75, 3.05) is 28.6 Å². The number of hydrogen-bond acceptors (Lipinski definition) is 4. The van der Waals surface area contributed by atoms with Crippen LogP contribution in [0.1, 0.15) is 35.4 Å². The van der Waals surface area contributed by atoms with E-state index in [-0.39, 0.29) is 6.03 Å². The fourth-order valence-corrected chi connectivity index (χ4v) is 3.16. The van der Waals surface area contributed by atoms with Crippen LogP contribution in [0.2, 0.25) is 0 Å². The maximum absolute atomic E-state index is 12.4. The first-order valence-corrected chi connectivity index (χ1v) is 8.69. The van der Waals surface area contributed by atoms with Gasteiger partial charge in [0.1, 0.15) is 0 Å². The Morgan fingerprint density at radius 3 is 2.24 bits per heavy atom. The van der Waals surface area contributed by atoms with Crippen LogP contribution in [0.5, 0.6) is 0 Å². The van der Waals surface area contributed by atoms with Crippen LogP contribution in [0.25, 0.3) is 0 Å². The third kappa shape index (κ3) is 3.90. The van der Waals surface area contributed by atoms with E-state index in [4.69, 9.17) is 0 Å². The summed E-state index contributed by atoms with van der Waals surface area (Å²) in [6.07, 6.45) is 2.36. The molecule has 1 aliphatic rings. The average molecular weight is 339 g/mol. The maximum atomic E-state index is 12.4. The summed E-state index contributed by atoms with van der Waals surface area (Å²) in [7, 11) is 0. The second kappa shape index (κ2) is 7.09. The Morgan fingerprint density at radius 1 is 1.00 bits per heavy atom. The molecule has 2 heterocycles. The molecule has 3 rings (SSSR count). The number of anilines is 3. The molecule has 2 aromatic rings. The highest BCUT2D eigenvalue weighted by Gasteiger charge is 2.18. The van der Waals surface area contributed by atoms with Crippen molar-refractivity contribution in [1.82, 2.24) is 9.97 Å². The molecule has 6 heteroatoms. The molecule has 1 saturated heterocycles. The fourth-order valence-electron chi connectivity index (χ4n) is 3.16. The van der Waals surface area contributed by atoms with Crippen molar-refractivity contribution in [3.8, 4) is 0 Å². The third-order valence-corrected chi connectivity index (χ3v) is 4.52. The number of carbonyl (C=O) groups excluding carboxylic acids is 1. The van der Waals surface area contributed by atoms with Crippen molar-refractivity contribution in [3.63, 3.8) is 0 Å². The number of nitrogens with one attached hydrogen (secondary N) is 2. The Morgan fingerprint density at radius 2 is 1.64 bits per heavy atom. The number of urea groups is 1. The summed E-state index contributed by atoms with van der Waals surface area (Å²) >= 11 is 0. The first-order valence-electron chi connectivity index (χ1n) is 8.69. The SMILES string of the molecule is Cc1ccc(NC(=O)Nc2c(C)nc(N3CCCC3)nc2C)c(C)c1. The summed E-state index contributed by atoms with van der Waals surface area (Å²) in [5.74, 6) is 0.757. The molecule has 0 spiro atoms. The minimum absolute atomic E-state index is 0.282. The molecule has 1 aliphatic heterocycles. The molecule has 0 aliphatic carbocycles. The van der Waals surface area contributed by atoms with Crippen LogP contribution in [0.15, 0.2) is 18.2 Å². The van der Waals surface area contributed by atoms with Crippen molar-refractivity contribution in [3.05, 3.63) is 40.7 Å². The van der Waals surface area contributed by atoms with Crippen LogP contribution < -0.4 is 15.5 Å². The summed E-state index contributed by atoms with van der Waals surface area (Å²) in [5.41, 5.74) is 5.24. The van der Waals surface area contributed by atoms with E-state index in [1.807, 2.05) is 45.9 Å². The molecular formula is C19H25N5O. The van der Waals surface area contributed by atoms with Gasteiger partial charge >= 0.3 is 6.03 Å². The van der Waals surface area contributed by atoms with E-state index in [1.54, 1.807) is 0 Å². The molecule has 132 valence electrons.